The van der Waals surface area contributed by atoms with Crippen LogP contribution < -0.4 is 16.0 Å². The molecule has 1 aliphatic carbocycles. The molecular formula is C21H29N5O7. The molecule has 3 unspecified atom stereocenters. The lowest BCUT2D eigenvalue weighted by Gasteiger charge is -2.26. The van der Waals surface area contributed by atoms with Crippen LogP contribution >= 0.6 is 0 Å². The monoisotopic (exact) mass is 463 g/mol. The lowest BCUT2D eigenvalue weighted by atomic mass is 9.84. The summed E-state index contributed by atoms with van der Waals surface area (Å²) in [5.74, 6) is -1.63. The summed E-state index contributed by atoms with van der Waals surface area (Å²) in [7, 11) is 0. The third-order valence-corrected chi connectivity index (χ3v) is 5.85. The molecule has 3 amide bonds. The summed E-state index contributed by atoms with van der Waals surface area (Å²) >= 11 is 0. The Hall–Kier alpha value is -3.41. The predicted octanol–water partition coefficient (Wildman–Crippen LogP) is 0.117. The van der Waals surface area contributed by atoms with Gasteiger partial charge in [0.15, 0.2) is 0 Å². The fourth-order valence-electron chi connectivity index (χ4n) is 3.73. The summed E-state index contributed by atoms with van der Waals surface area (Å²) in [6, 6.07) is 3.79. The van der Waals surface area contributed by atoms with Gasteiger partial charge in [0.1, 0.15) is 18.5 Å². The van der Waals surface area contributed by atoms with Crippen LogP contribution in [0.25, 0.3) is 0 Å². The number of carboxylic acids is 1. The van der Waals surface area contributed by atoms with Crippen molar-refractivity contribution in [2.24, 2.45) is 5.92 Å². The molecule has 3 atom stereocenters. The molecule has 1 saturated carbocycles. The van der Waals surface area contributed by atoms with E-state index in [-0.39, 0.29) is 37.6 Å². The highest BCUT2D eigenvalue weighted by Crippen LogP contribution is 2.26. The molecule has 2 aliphatic rings. The molecule has 1 aromatic heterocycles. The maximum atomic E-state index is 12.1. The van der Waals surface area contributed by atoms with Crippen molar-refractivity contribution in [3.05, 3.63) is 24.4 Å². The van der Waals surface area contributed by atoms with Crippen molar-refractivity contribution in [2.75, 3.05) is 31.6 Å². The molecule has 2 fully saturated rings. The standard InChI is InChI=1S/C21H29N5O7/c27-18(24-10-16(20(29)30)25-19(28)13-4-3-5-13)12-33-15-8-14(26(11-15)21(31)32)9-23-17-6-1-2-7-22-17/h1-2,6-7,13-16H,3-5,8-12H2,(H,22,23)(H,24,27)(H,25,28)(H,29,30)(H,31,32). The van der Waals surface area contributed by atoms with Gasteiger partial charge < -0.3 is 35.8 Å². The fourth-order valence-corrected chi connectivity index (χ4v) is 3.73. The zero-order chi connectivity index (χ0) is 23.8. The van der Waals surface area contributed by atoms with Gasteiger partial charge in [-0.3, -0.25) is 9.59 Å². The highest BCUT2D eigenvalue weighted by atomic mass is 16.5. The molecule has 12 nitrogen and oxygen atoms in total. The van der Waals surface area contributed by atoms with Crippen molar-refractivity contribution in [1.29, 1.82) is 0 Å². The number of carbonyl (C=O) groups is 4. The lowest BCUT2D eigenvalue weighted by molar-refractivity contribution is -0.143. The quantitative estimate of drug-likeness (QED) is 0.306. The normalized spacial score (nSPS) is 21.0. The Morgan fingerprint density at radius 2 is 2.00 bits per heavy atom. The van der Waals surface area contributed by atoms with Gasteiger partial charge in [-0.2, -0.15) is 0 Å². The predicted molar refractivity (Wildman–Crippen MR) is 116 cm³/mol. The first-order valence-electron chi connectivity index (χ1n) is 10.9. The van der Waals surface area contributed by atoms with Gasteiger partial charge in [0.05, 0.1) is 18.7 Å². The maximum absolute atomic E-state index is 12.1. The first-order chi connectivity index (χ1) is 15.8. The van der Waals surface area contributed by atoms with E-state index in [4.69, 9.17) is 4.74 Å². The molecule has 0 aromatic carbocycles. The van der Waals surface area contributed by atoms with E-state index in [1.807, 2.05) is 6.07 Å². The summed E-state index contributed by atoms with van der Waals surface area (Å²) in [6.45, 7) is -0.150. The number of nitrogens with one attached hydrogen (secondary N) is 3. The molecule has 3 rings (SSSR count). The SMILES string of the molecule is O=C(COC1CC(CNc2ccccn2)N(C(=O)O)C1)NCC(NC(=O)C1CCC1)C(=O)O. The number of amides is 3. The molecule has 1 aromatic rings. The van der Waals surface area contributed by atoms with E-state index >= 15 is 0 Å². The van der Waals surface area contributed by atoms with E-state index < -0.39 is 30.1 Å². The zero-order valence-electron chi connectivity index (χ0n) is 18.1. The summed E-state index contributed by atoms with van der Waals surface area (Å²) in [6.07, 6.45) is 2.90. The van der Waals surface area contributed by atoms with Gasteiger partial charge in [0.25, 0.3) is 0 Å². The van der Waals surface area contributed by atoms with E-state index in [0.717, 1.165) is 19.3 Å². The summed E-state index contributed by atoms with van der Waals surface area (Å²) in [5.41, 5.74) is 0. The molecule has 1 aliphatic heterocycles. The number of likely N-dealkylation sites (tertiary alicyclic amines) is 1. The largest absolute Gasteiger partial charge is 0.480 e. The summed E-state index contributed by atoms with van der Waals surface area (Å²) in [4.78, 5) is 52.4. The van der Waals surface area contributed by atoms with E-state index in [1.54, 1.807) is 18.3 Å². The Labute approximate surface area is 190 Å². The minimum atomic E-state index is -1.24. The highest BCUT2D eigenvalue weighted by molar-refractivity contribution is 5.86. The van der Waals surface area contributed by atoms with Crippen molar-refractivity contribution in [3.63, 3.8) is 0 Å². The summed E-state index contributed by atoms with van der Waals surface area (Å²) < 4.78 is 5.57. The van der Waals surface area contributed by atoms with Crippen LogP contribution in [0.2, 0.25) is 0 Å². The van der Waals surface area contributed by atoms with Gasteiger partial charge in [-0.25, -0.2) is 14.6 Å². The number of aromatic nitrogens is 1. The van der Waals surface area contributed by atoms with Crippen LogP contribution in [-0.2, 0) is 19.1 Å². The van der Waals surface area contributed by atoms with Crippen LogP contribution in [-0.4, -0.2) is 88.4 Å². The molecule has 2 heterocycles. The molecule has 0 radical (unpaired) electrons. The van der Waals surface area contributed by atoms with E-state index in [9.17, 15) is 29.4 Å². The number of hydrogen-bond donors (Lipinski definition) is 5. The second-order valence-electron chi connectivity index (χ2n) is 8.18. The first kappa shape index (κ1) is 24.2. The molecule has 5 N–H and O–H groups in total. The number of carbonyl (C=O) groups excluding carboxylic acids is 2. The van der Waals surface area contributed by atoms with Crippen LogP contribution in [0.1, 0.15) is 25.7 Å². The molecule has 12 heteroatoms. The maximum Gasteiger partial charge on any atom is 0.407 e. The Morgan fingerprint density at radius 3 is 2.61 bits per heavy atom. The van der Waals surface area contributed by atoms with Crippen molar-refractivity contribution < 1.29 is 34.1 Å². The third kappa shape index (κ3) is 7.04. The van der Waals surface area contributed by atoms with Crippen molar-refractivity contribution >= 4 is 29.7 Å². The average molecular weight is 463 g/mol. The lowest BCUT2D eigenvalue weighted by Crippen LogP contribution is -2.51. The van der Waals surface area contributed by atoms with Crippen LogP contribution in [0.15, 0.2) is 24.4 Å². The molecule has 180 valence electrons. The van der Waals surface area contributed by atoms with Gasteiger partial charge in [0, 0.05) is 25.2 Å². The van der Waals surface area contributed by atoms with Crippen LogP contribution in [0.4, 0.5) is 10.6 Å². The molecular weight excluding hydrogens is 434 g/mol. The number of anilines is 1. The highest BCUT2D eigenvalue weighted by Gasteiger charge is 2.36. The zero-order valence-corrected chi connectivity index (χ0v) is 18.1. The van der Waals surface area contributed by atoms with E-state index in [1.165, 1.54) is 4.90 Å². The molecule has 33 heavy (non-hydrogen) atoms. The first-order valence-corrected chi connectivity index (χ1v) is 10.9. The molecule has 1 saturated heterocycles. The molecule has 0 spiro atoms. The minimum absolute atomic E-state index is 0.117. The Morgan fingerprint density at radius 1 is 1.21 bits per heavy atom. The van der Waals surface area contributed by atoms with Gasteiger partial charge in [-0.05, 0) is 31.4 Å². The number of hydrogen-bond acceptors (Lipinski definition) is 7. The van der Waals surface area contributed by atoms with E-state index in [0.29, 0.717) is 18.8 Å². The van der Waals surface area contributed by atoms with Gasteiger partial charge in [-0.1, -0.05) is 12.5 Å². The number of carboxylic acid groups (broad SMARTS) is 2. The fraction of sp³-hybridized carbons (Fsp3) is 0.571. The van der Waals surface area contributed by atoms with Crippen molar-refractivity contribution in [1.82, 2.24) is 20.5 Å². The van der Waals surface area contributed by atoms with E-state index in [2.05, 4.69) is 20.9 Å². The molecule has 0 bridgehead atoms. The number of ether oxygens (including phenoxy) is 1. The topological polar surface area (TPSA) is 170 Å². The average Bonchev–Trinajstić information content (AvgIpc) is 3.16. The minimum Gasteiger partial charge on any atom is -0.480 e. The van der Waals surface area contributed by atoms with Crippen molar-refractivity contribution in [3.8, 4) is 0 Å². The van der Waals surface area contributed by atoms with Gasteiger partial charge >= 0.3 is 12.1 Å². The number of nitrogens with zero attached hydrogens (tertiary/aromatic N) is 2. The third-order valence-electron chi connectivity index (χ3n) is 5.85. The van der Waals surface area contributed by atoms with Crippen LogP contribution in [0.3, 0.4) is 0 Å². The second kappa shape index (κ2) is 11.5. The Kier molecular flexibility index (Phi) is 8.41. The summed E-state index contributed by atoms with van der Waals surface area (Å²) in [5, 5.41) is 26.7. The van der Waals surface area contributed by atoms with Crippen LogP contribution in [0.5, 0.6) is 0 Å². The number of pyridine rings is 1. The van der Waals surface area contributed by atoms with Crippen LogP contribution in [0, 0.1) is 5.92 Å². The van der Waals surface area contributed by atoms with Gasteiger partial charge in [-0.15, -0.1) is 0 Å². The Bertz CT molecular complexity index is 849. The van der Waals surface area contributed by atoms with Gasteiger partial charge in [0.2, 0.25) is 11.8 Å². The smallest absolute Gasteiger partial charge is 0.407 e. The Balaban J connectivity index is 1.41. The number of rotatable bonds is 11. The second-order valence-corrected chi connectivity index (χ2v) is 8.18. The number of aliphatic carboxylic acids is 1. The van der Waals surface area contributed by atoms with Crippen molar-refractivity contribution in [2.45, 2.75) is 43.9 Å².